The van der Waals surface area contributed by atoms with Crippen molar-refractivity contribution < 1.29 is 9.59 Å². The number of quaternary nitrogens is 1. The molecule has 0 amide bonds. The minimum Gasteiger partial charge on any atom is -0.345 e. The molecule has 3 heteroatoms. The zero-order valence-corrected chi connectivity index (χ0v) is 14.4. The number of aliphatic imine (C=N–C) groups is 1. The van der Waals surface area contributed by atoms with E-state index in [0.717, 1.165) is 26.1 Å². The third kappa shape index (κ3) is 5.55. The molecule has 0 saturated carbocycles. The average Bonchev–Trinajstić information content (AvgIpc) is 2.89. The molecule has 0 aromatic carbocycles. The lowest BCUT2D eigenvalue weighted by Gasteiger charge is -2.36. The van der Waals surface area contributed by atoms with Crippen LogP contribution in [0.25, 0.3) is 0 Å². The zero-order chi connectivity index (χ0) is 15.6. The van der Waals surface area contributed by atoms with Crippen molar-refractivity contribution in [3.8, 4) is 0 Å². The summed E-state index contributed by atoms with van der Waals surface area (Å²) in [5.41, 5.74) is 0. The number of unbranched alkanes of at least 4 members (excludes halogenated alkanes) is 5. The van der Waals surface area contributed by atoms with Gasteiger partial charge in [0.15, 0.2) is 6.23 Å². The van der Waals surface area contributed by atoms with Crippen molar-refractivity contribution in [1.82, 2.24) is 0 Å². The Morgan fingerprint density at radius 3 is 2.48 bits per heavy atom. The third-order valence-electron chi connectivity index (χ3n) is 4.75. The summed E-state index contributed by atoms with van der Waals surface area (Å²) >= 11 is 0. The topological polar surface area (TPSA) is 32.6 Å². The molecule has 1 rings (SSSR count). The summed E-state index contributed by atoms with van der Waals surface area (Å²) in [6, 6.07) is 0. The molecule has 1 aliphatic rings. The zero-order valence-electron chi connectivity index (χ0n) is 14.4. The van der Waals surface area contributed by atoms with Gasteiger partial charge in [0.1, 0.15) is 6.54 Å². The first kappa shape index (κ1) is 18.4. The summed E-state index contributed by atoms with van der Waals surface area (Å²) in [4.78, 5) is 4.66. The number of nitrogens with zero attached hydrogens (tertiary/aromatic N) is 2. The molecule has 122 valence electrons. The second kappa shape index (κ2) is 10.1. The van der Waals surface area contributed by atoms with Crippen molar-refractivity contribution in [3.63, 3.8) is 0 Å². The molecular weight excluding hydrogens is 260 g/mol. The van der Waals surface area contributed by atoms with Crippen LogP contribution >= 0.6 is 0 Å². The van der Waals surface area contributed by atoms with Crippen LogP contribution in [0.4, 0.5) is 0 Å². The molecule has 0 aromatic heterocycles. The summed E-state index contributed by atoms with van der Waals surface area (Å²) in [6.45, 7) is 9.12. The van der Waals surface area contributed by atoms with Crippen LogP contribution in [0.2, 0.25) is 0 Å². The van der Waals surface area contributed by atoms with Gasteiger partial charge in [0, 0.05) is 13.3 Å². The van der Waals surface area contributed by atoms with Gasteiger partial charge in [0.25, 0.3) is 0 Å². The van der Waals surface area contributed by atoms with E-state index in [1.807, 2.05) is 6.92 Å². The maximum atomic E-state index is 10.1. The van der Waals surface area contributed by atoms with E-state index in [1.54, 1.807) is 0 Å². The maximum absolute atomic E-state index is 10.1. The standard InChI is InChI=1S/C18H35N2O/c1-4-6-7-8-9-10-11-12-13-14-18-19-15-16-20(18,5-2)17(3)21/h8-9,17,21H,4-7,10-16H2,1-3H3/q+1/b9-8+. The number of aliphatic hydroxyl groups excluding tert-OH is 1. The molecule has 0 radical (unpaired) electrons. The third-order valence-corrected chi connectivity index (χ3v) is 4.75. The van der Waals surface area contributed by atoms with E-state index in [2.05, 4.69) is 31.0 Å². The predicted octanol–water partition coefficient (Wildman–Crippen LogP) is 4.27. The first-order chi connectivity index (χ1) is 10.2. The quantitative estimate of drug-likeness (QED) is 0.344. The highest BCUT2D eigenvalue weighted by atomic mass is 16.3. The fourth-order valence-corrected chi connectivity index (χ4v) is 3.22. The molecule has 0 spiro atoms. The molecule has 0 bridgehead atoms. The van der Waals surface area contributed by atoms with Crippen molar-refractivity contribution in [2.24, 2.45) is 4.99 Å². The fourth-order valence-electron chi connectivity index (χ4n) is 3.22. The van der Waals surface area contributed by atoms with Gasteiger partial charge in [-0.05, 0) is 32.6 Å². The molecule has 1 aliphatic heterocycles. The van der Waals surface area contributed by atoms with Gasteiger partial charge in [0.05, 0.1) is 13.1 Å². The smallest absolute Gasteiger partial charge is 0.200 e. The van der Waals surface area contributed by atoms with Crippen LogP contribution in [0, 0.1) is 0 Å². The van der Waals surface area contributed by atoms with Crippen LogP contribution < -0.4 is 0 Å². The van der Waals surface area contributed by atoms with E-state index in [1.165, 1.54) is 50.8 Å². The molecule has 3 nitrogen and oxygen atoms in total. The normalized spacial score (nSPS) is 23.7. The van der Waals surface area contributed by atoms with Crippen LogP contribution in [-0.4, -0.2) is 41.3 Å². The summed E-state index contributed by atoms with van der Waals surface area (Å²) in [7, 11) is 0. The highest BCUT2D eigenvalue weighted by Crippen LogP contribution is 2.22. The Labute approximate surface area is 131 Å². The Morgan fingerprint density at radius 2 is 1.86 bits per heavy atom. The summed E-state index contributed by atoms with van der Waals surface area (Å²) in [5.74, 6) is 1.23. The average molecular weight is 295 g/mol. The summed E-state index contributed by atoms with van der Waals surface area (Å²) in [5, 5.41) is 10.1. The largest absolute Gasteiger partial charge is 0.345 e. The Morgan fingerprint density at radius 1 is 1.14 bits per heavy atom. The Kier molecular flexibility index (Phi) is 8.86. The van der Waals surface area contributed by atoms with Crippen molar-refractivity contribution in [2.75, 3.05) is 19.6 Å². The van der Waals surface area contributed by atoms with Crippen molar-refractivity contribution in [1.29, 1.82) is 0 Å². The van der Waals surface area contributed by atoms with Crippen molar-refractivity contribution in [3.05, 3.63) is 12.2 Å². The minimum absolute atomic E-state index is 0.322. The second-order valence-corrected chi connectivity index (χ2v) is 6.22. The number of aliphatic hydroxyl groups is 1. The molecule has 21 heavy (non-hydrogen) atoms. The molecular formula is C18H35N2O+. The van der Waals surface area contributed by atoms with E-state index in [-0.39, 0.29) is 6.23 Å². The predicted molar refractivity (Wildman–Crippen MR) is 91.4 cm³/mol. The van der Waals surface area contributed by atoms with E-state index < -0.39 is 0 Å². The lowest BCUT2D eigenvalue weighted by Crippen LogP contribution is -2.56. The summed E-state index contributed by atoms with van der Waals surface area (Å²) in [6.07, 6.45) is 14.2. The van der Waals surface area contributed by atoms with E-state index >= 15 is 0 Å². The van der Waals surface area contributed by atoms with Crippen molar-refractivity contribution >= 4 is 5.84 Å². The number of allylic oxidation sites excluding steroid dienone is 2. The highest BCUT2D eigenvalue weighted by molar-refractivity contribution is 5.76. The molecule has 0 fully saturated rings. The molecule has 0 saturated heterocycles. The molecule has 0 aliphatic carbocycles. The number of rotatable bonds is 11. The van der Waals surface area contributed by atoms with Crippen LogP contribution in [0.1, 0.15) is 72.1 Å². The number of likely N-dealkylation sites (N-methyl/N-ethyl adjacent to an activating group) is 1. The van der Waals surface area contributed by atoms with Gasteiger partial charge < -0.3 is 5.11 Å². The van der Waals surface area contributed by atoms with Crippen LogP contribution in [0.5, 0.6) is 0 Å². The lowest BCUT2D eigenvalue weighted by atomic mass is 10.1. The van der Waals surface area contributed by atoms with Gasteiger partial charge >= 0.3 is 0 Å². The Hall–Kier alpha value is -0.670. The van der Waals surface area contributed by atoms with Crippen LogP contribution in [0.3, 0.4) is 0 Å². The van der Waals surface area contributed by atoms with Crippen LogP contribution in [0.15, 0.2) is 17.1 Å². The first-order valence-electron chi connectivity index (χ1n) is 8.91. The molecule has 1 N–H and O–H groups in total. The van der Waals surface area contributed by atoms with Gasteiger partial charge in [0.2, 0.25) is 5.84 Å². The molecule has 2 unspecified atom stereocenters. The number of hydrogen-bond donors (Lipinski definition) is 1. The highest BCUT2D eigenvalue weighted by Gasteiger charge is 2.40. The maximum Gasteiger partial charge on any atom is 0.200 e. The van der Waals surface area contributed by atoms with E-state index in [4.69, 9.17) is 0 Å². The van der Waals surface area contributed by atoms with Gasteiger partial charge in [-0.3, -0.25) is 4.48 Å². The number of amidine groups is 1. The Bertz CT molecular complexity index is 336. The molecule has 2 atom stereocenters. The lowest BCUT2D eigenvalue weighted by molar-refractivity contribution is -0.882. The molecule has 0 aromatic rings. The van der Waals surface area contributed by atoms with Gasteiger partial charge in [-0.15, -0.1) is 0 Å². The summed E-state index contributed by atoms with van der Waals surface area (Å²) < 4.78 is 0.705. The first-order valence-corrected chi connectivity index (χ1v) is 8.91. The van der Waals surface area contributed by atoms with E-state index in [9.17, 15) is 5.11 Å². The Balaban J connectivity index is 2.19. The van der Waals surface area contributed by atoms with Gasteiger partial charge in [-0.1, -0.05) is 38.3 Å². The SMILES string of the molecule is CCCC/C=C/CCCCCC1=NCC[N+]1(CC)C(C)O. The van der Waals surface area contributed by atoms with Gasteiger partial charge in [-0.25, -0.2) is 4.99 Å². The van der Waals surface area contributed by atoms with Crippen LogP contribution in [-0.2, 0) is 0 Å². The van der Waals surface area contributed by atoms with Crippen molar-refractivity contribution in [2.45, 2.75) is 78.4 Å². The van der Waals surface area contributed by atoms with Gasteiger partial charge in [-0.2, -0.15) is 0 Å². The minimum atomic E-state index is -0.322. The number of hydrogen-bond acceptors (Lipinski definition) is 2. The second-order valence-electron chi connectivity index (χ2n) is 6.22. The molecule has 1 heterocycles. The fraction of sp³-hybridized carbons (Fsp3) is 0.833. The van der Waals surface area contributed by atoms with E-state index in [0.29, 0.717) is 4.48 Å². The monoisotopic (exact) mass is 295 g/mol.